The first-order valence-corrected chi connectivity index (χ1v) is 8.19. The Hall–Kier alpha value is -0.0800. The van der Waals surface area contributed by atoms with Crippen LogP contribution in [-0.4, -0.2) is 36.6 Å². The Morgan fingerprint density at radius 1 is 1.06 bits per heavy atom. The summed E-state index contributed by atoms with van der Waals surface area (Å²) in [7, 11) is 0. The summed E-state index contributed by atoms with van der Waals surface area (Å²) in [6, 6.07) is 1.60. The first kappa shape index (κ1) is 14.3. The van der Waals surface area contributed by atoms with Gasteiger partial charge in [0, 0.05) is 12.1 Å². The van der Waals surface area contributed by atoms with Crippen molar-refractivity contribution in [1.29, 1.82) is 0 Å². The minimum Gasteiger partial charge on any atom is -0.313 e. The lowest BCUT2D eigenvalue weighted by Gasteiger charge is -2.32. The van der Waals surface area contributed by atoms with Crippen LogP contribution in [0, 0.1) is 11.8 Å². The van der Waals surface area contributed by atoms with Gasteiger partial charge in [0.2, 0.25) is 0 Å². The number of rotatable bonds is 4. The summed E-state index contributed by atoms with van der Waals surface area (Å²) in [6.07, 6.45) is 8.52. The second kappa shape index (κ2) is 6.91. The highest BCUT2D eigenvalue weighted by molar-refractivity contribution is 4.91. The van der Waals surface area contributed by atoms with Gasteiger partial charge in [-0.2, -0.15) is 0 Å². The molecule has 2 heteroatoms. The summed E-state index contributed by atoms with van der Waals surface area (Å²) in [4.78, 5) is 2.81. The largest absolute Gasteiger partial charge is 0.313 e. The fourth-order valence-corrected chi connectivity index (χ4v) is 4.02. The van der Waals surface area contributed by atoms with Crippen molar-refractivity contribution in [3.05, 3.63) is 0 Å². The van der Waals surface area contributed by atoms with Crippen molar-refractivity contribution < 1.29 is 0 Å². The van der Waals surface area contributed by atoms with Crippen LogP contribution in [0.15, 0.2) is 0 Å². The van der Waals surface area contributed by atoms with Gasteiger partial charge in [-0.25, -0.2) is 0 Å². The molecule has 0 spiro atoms. The van der Waals surface area contributed by atoms with Gasteiger partial charge in [-0.15, -0.1) is 0 Å². The molecule has 18 heavy (non-hydrogen) atoms. The zero-order valence-corrected chi connectivity index (χ0v) is 12.6. The highest BCUT2D eigenvalue weighted by atomic mass is 15.2. The number of likely N-dealkylation sites (tertiary alicyclic amines) is 1. The van der Waals surface area contributed by atoms with Gasteiger partial charge in [0.1, 0.15) is 0 Å². The van der Waals surface area contributed by atoms with E-state index in [0.29, 0.717) is 0 Å². The summed E-state index contributed by atoms with van der Waals surface area (Å²) in [5.74, 6) is 1.84. The zero-order chi connectivity index (χ0) is 13.0. The fourth-order valence-electron chi connectivity index (χ4n) is 4.02. The highest BCUT2D eigenvalue weighted by Crippen LogP contribution is 2.30. The molecule has 0 radical (unpaired) electrons. The van der Waals surface area contributed by atoms with Gasteiger partial charge < -0.3 is 5.32 Å². The van der Waals surface area contributed by atoms with E-state index < -0.39 is 0 Å². The minimum absolute atomic E-state index is 0.769. The van der Waals surface area contributed by atoms with Crippen LogP contribution < -0.4 is 5.32 Å². The molecule has 2 aliphatic rings. The second-order valence-corrected chi connectivity index (χ2v) is 6.63. The lowest BCUT2D eigenvalue weighted by atomic mass is 9.89. The molecule has 0 aromatic rings. The van der Waals surface area contributed by atoms with Crippen LogP contribution in [0.5, 0.6) is 0 Å². The van der Waals surface area contributed by atoms with E-state index in [2.05, 4.69) is 31.0 Å². The Morgan fingerprint density at radius 2 is 1.89 bits per heavy atom. The summed E-state index contributed by atoms with van der Waals surface area (Å²) in [5, 5.41) is 3.70. The van der Waals surface area contributed by atoms with Crippen molar-refractivity contribution in [3.8, 4) is 0 Å². The van der Waals surface area contributed by atoms with Gasteiger partial charge in [-0.3, -0.25) is 4.90 Å². The summed E-state index contributed by atoms with van der Waals surface area (Å²) >= 11 is 0. The SMILES string of the molecule is CCNC1CCCC1N1CCCC(C(C)C)CC1. The van der Waals surface area contributed by atoms with Crippen LogP contribution in [0.4, 0.5) is 0 Å². The van der Waals surface area contributed by atoms with Gasteiger partial charge in [0.05, 0.1) is 0 Å². The normalized spacial score (nSPS) is 35.0. The van der Waals surface area contributed by atoms with E-state index in [-0.39, 0.29) is 0 Å². The predicted molar refractivity (Wildman–Crippen MR) is 78.9 cm³/mol. The summed E-state index contributed by atoms with van der Waals surface area (Å²) in [6.45, 7) is 10.9. The van der Waals surface area contributed by atoms with E-state index in [1.54, 1.807) is 0 Å². The maximum atomic E-state index is 3.70. The minimum atomic E-state index is 0.769. The molecule has 0 aromatic carbocycles. The first-order valence-electron chi connectivity index (χ1n) is 8.19. The highest BCUT2D eigenvalue weighted by Gasteiger charge is 2.32. The van der Waals surface area contributed by atoms with Crippen molar-refractivity contribution in [2.75, 3.05) is 19.6 Å². The van der Waals surface area contributed by atoms with Gasteiger partial charge >= 0.3 is 0 Å². The molecule has 2 fully saturated rings. The smallest absolute Gasteiger partial charge is 0.0249 e. The average molecular weight is 252 g/mol. The molecule has 0 amide bonds. The molecule has 1 aliphatic carbocycles. The van der Waals surface area contributed by atoms with E-state index in [1.807, 2.05) is 0 Å². The molecule has 2 rings (SSSR count). The van der Waals surface area contributed by atoms with Crippen LogP contribution >= 0.6 is 0 Å². The van der Waals surface area contributed by atoms with Crippen molar-refractivity contribution >= 4 is 0 Å². The molecule has 3 atom stereocenters. The number of nitrogens with zero attached hydrogens (tertiary/aromatic N) is 1. The lowest BCUT2D eigenvalue weighted by Crippen LogP contribution is -2.47. The van der Waals surface area contributed by atoms with E-state index in [0.717, 1.165) is 30.5 Å². The topological polar surface area (TPSA) is 15.3 Å². The third-order valence-electron chi connectivity index (χ3n) is 5.16. The Labute approximate surface area is 114 Å². The molecular formula is C16H32N2. The van der Waals surface area contributed by atoms with Crippen LogP contribution in [0.1, 0.15) is 59.3 Å². The quantitative estimate of drug-likeness (QED) is 0.826. The third kappa shape index (κ3) is 3.48. The Morgan fingerprint density at radius 3 is 2.61 bits per heavy atom. The zero-order valence-electron chi connectivity index (χ0n) is 12.6. The molecule has 1 saturated heterocycles. The molecule has 3 unspecified atom stereocenters. The van der Waals surface area contributed by atoms with E-state index in [9.17, 15) is 0 Å². The van der Waals surface area contributed by atoms with Crippen molar-refractivity contribution in [1.82, 2.24) is 10.2 Å². The predicted octanol–water partition coefficient (Wildman–Crippen LogP) is 3.28. The van der Waals surface area contributed by atoms with Gasteiger partial charge in [-0.05, 0) is 63.6 Å². The Kier molecular flexibility index (Phi) is 5.50. The van der Waals surface area contributed by atoms with Gasteiger partial charge in [-0.1, -0.05) is 27.2 Å². The number of hydrogen-bond acceptors (Lipinski definition) is 2. The maximum absolute atomic E-state index is 3.70. The molecule has 106 valence electrons. The molecule has 0 bridgehead atoms. The summed E-state index contributed by atoms with van der Waals surface area (Å²) < 4.78 is 0. The fraction of sp³-hybridized carbons (Fsp3) is 1.00. The van der Waals surface area contributed by atoms with Crippen molar-refractivity contribution in [3.63, 3.8) is 0 Å². The summed E-state index contributed by atoms with van der Waals surface area (Å²) in [5.41, 5.74) is 0. The Bertz CT molecular complexity index is 239. The molecular weight excluding hydrogens is 220 g/mol. The van der Waals surface area contributed by atoms with Crippen LogP contribution in [0.2, 0.25) is 0 Å². The monoisotopic (exact) mass is 252 g/mol. The first-order chi connectivity index (χ1) is 8.72. The molecule has 2 nitrogen and oxygen atoms in total. The molecule has 1 aliphatic heterocycles. The van der Waals surface area contributed by atoms with Crippen LogP contribution in [0.25, 0.3) is 0 Å². The number of hydrogen-bond donors (Lipinski definition) is 1. The van der Waals surface area contributed by atoms with Crippen LogP contribution in [0.3, 0.4) is 0 Å². The Balaban J connectivity index is 1.89. The van der Waals surface area contributed by atoms with E-state index in [1.165, 1.54) is 51.6 Å². The maximum Gasteiger partial charge on any atom is 0.0249 e. The number of likely N-dealkylation sites (N-methyl/N-ethyl adjacent to an activating group) is 1. The molecule has 1 heterocycles. The van der Waals surface area contributed by atoms with E-state index >= 15 is 0 Å². The number of nitrogens with one attached hydrogen (secondary N) is 1. The molecule has 1 N–H and O–H groups in total. The van der Waals surface area contributed by atoms with Crippen molar-refractivity contribution in [2.45, 2.75) is 71.4 Å². The standard InChI is InChI=1S/C16H32N2/c1-4-17-15-8-5-9-16(15)18-11-6-7-14(10-12-18)13(2)3/h13-17H,4-12H2,1-3H3. The van der Waals surface area contributed by atoms with Crippen LogP contribution in [-0.2, 0) is 0 Å². The van der Waals surface area contributed by atoms with Crippen molar-refractivity contribution in [2.24, 2.45) is 11.8 Å². The second-order valence-electron chi connectivity index (χ2n) is 6.63. The average Bonchev–Trinajstić information content (AvgIpc) is 2.65. The third-order valence-corrected chi connectivity index (χ3v) is 5.16. The van der Waals surface area contributed by atoms with E-state index in [4.69, 9.17) is 0 Å². The van der Waals surface area contributed by atoms with Gasteiger partial charge in [0.25, 0.3) is 0 Å². The molecule has 1 saturated carbocycles. The molecule has 0 aromatic heterocycles. The lowest BCUT2D eigenvalue weighted by molar-refractivity contribution is 0.175. The van der Waals surface area contributed by atoms with Gasteiger partial charge in [0.15, 0.2) is 0 Å².